The lowest BCUT2D eigenvalue weighted by Crippen LogP contribution is -2.40. The van der Waals surface area contributed by atoms with Crippen LogP contribution in [0.2, 0.25) is 10.0 Å². The van der Waals surface area contributed by atoms with Gasteiger partial charge in [-0.25, -0.2) is 0 Å². The van der Waals surface area contributed by atoms with Crippen LogP contribution in [-0.4, -0.2) is 35.7 Å². The fourth-order valence-corrected chi connectivity index (χ4v) is 3.52. The summed E-state index contributed by atoms with van der Waals surface area (Å²) in [5, 5.41) is 14.7. The van der Waals surface area contributed by atoms with Crippen LogP contribution in [0.15, 0.2) is 42.5 Å². The summed E-state index contributed by atoms with van der Waals surface area (Å²) in [5.41, 5.74) is 3.75. The van der Waals surface area contributed by atoms with Gasteiger partial charge in [-0.2, -0.15) is 0 Å². The van der Waals surface area contributed by atoms with Crippen LogP contribution in [0.5, 0.6) is 0 Å². The standard InChI is InChI=1S/C19H22Cl2N2O/c20-18-7-3-6-15(19(18)21)10-22-11-17(24)13-23-9-8-14-4-1-2-5-16(14)12-23/h1-7,17,22,24H,8-13H2. The highest BCUT2D eigenvalue weighted by Crippen LogP contribution is 2.25. The largest absolute Gasteiger partial charge is 0.390 e. The first kappa shape index (κ1) is 17.7. The molecule has 3 nitrogen and oxygen atoms in total. The zero-order valence-corrected chi connectivity index (χ0v) is 15.0. The molecule has 0 fully saturated rings. The minimum atomic E-state index is -0.409. The maximum atomic E-state index is 10.3. The molecular weight excluding hydrogens is 343 g/mol. The van der Waals surface area contributed by atoms with Crippen LogP contribution in [0, 0.1) is 0 Å². The highest BCUT2D eigenvalue weighted by atomic mass is 35.5. The number of rotatable bonds is 6. The second-order valence-corrected chi connectivity index (χ2v) is 7.04. The van der Waals surface area contributed by atoms with Crippen LogP contribution in [0.4, 0.5) is 0 Å². The molecule has 0 bridgehead atoms. The molecule has 1 aliphatic heterocycles. The molecule has 0 saturated carbocycles. The number of hydrogen-bond donors (Lipinski definition) is 2. The number of aliphatic hydroxyl groups excluding tert-OH is 1. The van der Waals surface area contributed by atoms with E-state index in [1.807, 2.05) is 12.1 Å². The average molecular weight is 365 g/mol. The Bertz CT molecular complexity index is 693. The first-order valence-corrected chi connectivity index (χ1v) is 9.00. The Kier molecular flexibility index (Phi) is 6.14. The van der Waals surface area contributed by atoms with Gasteiger partial charge < -0.3 is 10.4 Å². The van der Waals surface area contributed by atoms with Gasteiger partial charge in [0.05, 0.1) is 16.1 Å². The Labute approximate surface area is 153 Å². The van der Waals surface area contributed by atoms with Crippen LogP contribution in [0.1, 0.15) is 16.7 Å². The number of nitrogens with one attached hydrogen (secondary N) is 1. The first-order valence-electron chi connectivity index (χ1n) is 8.24. The van der Waals surface area contributed by atoms with Crippen molar-refractivity contribution in [2.75, 3.05) is 19.6 Å². The van der Waals surface area contributed by atoms with E-state index in [9.17, 15) is 5.11 Å². The lowest BCUT2D eigenvalue weighted by Gasteiger charge is -2.30. The van der Waals surface area contributed by atoms with E-state index in [0.29, 0.717) is 29.7 Å². The Morgan fingerprint density at radius 2 is 1.88 bits per heavy atom. The van der Waals surface area contributed by atoms with Gasteiger partial charge in [0.1, 0.15) is 0 Å². The van der Waals surface area contributed by atoms with Crippen molar-refractivity contribution in [3.63, 3.8) is 0 Å². The van der Waals surface area contributed by atoms with Crippen molar-refractivity contribution < 1.29 is 5.11 Å². The molecular formula is C19H22Cl2N2O. The molecule has 1 atom stereocenters. The van der Waals surface area contributed by atoms with E-state index in [4.69, 9.17) is 23.2 Å². The van der Waals surface area contributed by atoms with E-state index < -0.39 is 6.10 Å². The molecule has 1 unspecified atom stereocenters. The van der Waals surface area contributed by atoms with Crippen LogP contribution < -0.4 is 5.32 Å². The van der Waals surface area contributed by atoms with Crippen LogP contribution in [0.25, 0.3) is 0 Å². The molecule has 2 aromatic carbocycles. The Hall–Kier alpha value is -1.10. The van der Waals surface area contributed by atoms with Crippen molar-refractivity contribution in [2.24, 2.45) is 0 Å². The van der Waals surface area contributed by atoms with Gasteiger partial charge in [0.25, 0.3) is 0 Å². The Morgan fingerprint density at radius 1 is 1.08 bits per heavy atom. The summed E-state index contributed by atoms with van der Waals surface area (Å²) in [5.74, 6) is 0. The summed E-state index contributed by atoms with van der Waals surface area (Å²) in [6, 6.07) is 14.1. The third kappa shape index (κ3) is 4.50. The average Bonchev–Trinajstić information content (AvgIpc) is 2.58. The Balaban J connectivity index is 1.45. The van der Waals surface area contributed by atoms with Crippen LogP contribution in [-0.2, 0) is 19.5 Å². The lowest BCUT2D eigenvalue weighted by molar-refractivity contribution is 0.104. The third-order valence-electron chi connectivity index (χ3n) is 4.41. The smallest absolute Gasteiger partial charge is 0.0791 e. The van der Waals surface area contributed by atoms with E-state index in [1.165, 1.54) is 11.1 Å². The van der Waals surface area contributed by atoms with Crippen molar-refractivity contribution in [3.8, 4) is 0 Å². The minimum absolute atomic E-state index is 0.409. The summed E-state index contributed by atoms with van der Waals surface area (Å²) >= 11 is 12.2. The molecule has 128 valence electrons. The maximum Gasteiger partial charge on any atom is 0.0791 e. The van der Waals surface area contributed by atoms with E-state index >= 15 is 0 Å². The predicted octanol–water partition coefficient (Wildman–Crippen LogP) is 3.50. The summed E-state index contributed by atoms with van der Waals surface area (Å²) in [4.78, 5) is 2.31. The third-order valence-corrected chi connectivity index (χ3v) is 5.26. The van der Waals surface area contributed by atoms with Gasteiger partial charge in [-0.1, -0.05) is 59.6 Å². The number of aliphatic hydroxyl groups is 1. The first-order chi connectivity index (χ1) is 11.6. The van der Waals surface area contributed by atoms with E-state index in [1.54, 1.807) is 6.07 Å². The van der Waals surface area contributed by atoms with Crippen LogP contribution >= 0.6 is 23.2 Å². The molecule has 24 heavy (non-hydrogen) atoms. The summed E-state index contributed by atoms with van der Waals surface area (Å²) < 4.78 is 0. The molecule has 1 heterocycles. The maximum absolute atomic E-state index is 10.3. The molecule has 2 aromatic rings. The Morgan fingerprint density at radius 3 is 2.71 bits per heavy atom. The van der Waals surface area contributed by atoms with Crippen molar-refractivity contribution in [3.05, 3.63) is 69.2 Å². The van der Waals surface area contributed by atoms with E-state index in [0.717, 1.165) is 25.1 Å². The quantitative estimate of drug-likeness (QED) is 0.823. The number of nitrogens with zero attached hydrogens (tertiary/aromatic N) is 1. The SMILES string of the molecule is OC(CNCc1cccc(Cl)c1Cl)CN1CCc2ccccc2C1. The van der Waals surface area contributed by atoms with Crippen molar-refractivity contribution in [1.82, 2.24) is 10.2 Å². The fourth-order valence-electron chi connectivity index (χ4n) is 3.13. The van der Waals surface area contributed by atoms with Gasteiger partial charge in [0, 0.05) is 32.7 Å². The highest BCUT2D eigenvalue weighted by molar-refractivity contribution is 6.42. The molecule has 5 heteroatoms. The monoisotopic (exact) mass is 364 g/mol. The number of fused-ring (bicyclic) bond motifs is 1. The molecule has 1 aliphatic rings. The molecule has 2 N–H and O–H groups in total. The molecule has 0 radical (unpaired) electrons. The molecule has 0 spiro atoms. The summed E-state index contributed by atoms with van der Waals surface area (Å²) in [6.07, 6.45) is 0.641. The lowest BCUT2D eigenvalue weighted by atomic mass is 10.00. The van der Waals surface area contributed by atoms with Crippen LogP contribution in [0.3, 0.4) is 0 Å². The van der Waals surface area contributed by atoms with Gasteiger partial charge in [-0.15, -0.1) is 0 Å². The van der Waals surface area contributed by atoms with Crippen molar-refractivity contribution in [1.29, 1.82) is 0 Å². The van der Waals surface area contributed by atoms with Crippen molar-refractivity contribution >= 4 is 23.2 Å². The number of hydrogen-bond acceptors (Lipinski definition) is 3. The summed E-state index contributed by atoms with van der Waals surface area (Å²) in [7, 11) is 0. The zero-order chi connectivity index (χ0) is 16.9. The van der Waals surface area contributed by atoms with E-state index in [2.05, 4.69) is 34.5 Å². The predicted molar refractivity (Wildman–Crippen MR) is 99.6 cm³/mol. The molecule has 3 rings (SSSR count). The molecule has 0 aliphatic carbocycles. The molecule has 0 aromatic heterocycles. The van der Waals surface area contributed by atoms with Gasteiger partial charge in [0.2, 0.25) is 0 Å². The van der Waals surface area contributed by atoms with Gasteiger partial charge in [-0.3, -0.25) is 4.90 Å². The van der Waals surface area contributed by atoms with E-state index in [-0.39, 0.29) is 0 Å². The summed E-state index contributed by atoms with van der Waals surface area (Å²) in [6.45, 7) is 3.70. The topological polar surface area (TPSA) is 35.5 Å². The van der Waals surface area contributed by atoms with Gasteiger partial charge in [-0.05, 0) is 29.2 Å². The van der Waals surface area contributed by atoms with Gasteiger partial charge in [0.15, 0.2) is 0 Å². The fraction of sp³-hybridized carbons (Fsp3) is 0.368. The highest BCUT2D eigenvalue weighted by Gasteiger charge is 2.18. The second-order valence-electron chi connectivity index (χ2n) is 6.25. The minimum Gasteiger partial charge on any atom is -0.390 e. The zero-order valence-electron chi connectivity index (χ0n) is 13.5. The van der Waals surface area contributed by atoms with Gasteiger partial charge >= 0.3 is 0 Å². The van der Waals surface area contributed by atoms with Crippen molar-refractivity contribution in [2.45, 2.75) is 25.6 Å². The number of halogens is 2. The number of benzene rings is 2. The normalized spacial score (nSPS) is 16.0. The molecule has 0 amide bonds. The second kappa shape index (κ2) is 8.32. The number of β-amino-alcohol motifs (C(OH)–C–C–N with tert-alkyl or cyclic N) is 1. The molecule has 0 saturated heterocycles.